The Balaban J connectivity index is 3.97. The van der Waals surface area contributed by atoms with E-state index in [2.05, 4.69) is 39.2 Å². The fourth-order valence-corrected chi connectivity index (χ4v) is 1.05. The normalized spacial score (nSPS) is 11.1. The molecule has 0 rings (SSSR count). The summed E-state index contributed by atoms with van der Waals surface area (Å²) in [4.78, 5) is 8.37. The van der Waals surface area contributed by atoms with Crippen LogP contribution in [0.25, 0.3) is 0 Å². The first kappa shape index (κ1) is 10.8. The predicted molar refractivity (Wildman–Crippen MR) is 59.9 cm³/mol. The molecule has 0 aromatic rings. The van der Waals surface area contributed by atoms with Crippen LogP contribution in [0.15, 0.2) is 22.3 Å². The Morgan fingerprint density at radius 3 is 2.27 bits per heavy atom. The van der Waals surface area contributed by atoms with Gasteiger partial charge in [-0.25, -0.2) is 0 Å². The molecule has 0 atom stereocenters. The lowest BCUT2D eigenvalue weighted by molar-refractivity contribution is 1.26. The van der Waals surface area contributed by atoms with E-state index in [-0.39, 0.29) is 0 Å². The van der Waals surface area contributed by atoms with Crippen LogP contribution in [-0.4, -0.2) is 16.0 Å². The van der Waals surface area contributed by atoms with Crippen LogP contribution in [0, 0.1) is 0 Å². The van der Waals surface area contributed by atoms with Gasteiger partial charge in [0.1, 0.15) is 0 Å². The van der Waals surface area contributed by atoms with Crippen LogP contribution in [0.4, 0.5) is 0 Å². The van der Waals surface area contributed by atoms with Crippen LogP contribution < -0.4 is 0 Å². The first-order valence-corrected chi connectivity index (χ1v) is 4.46. The van der Waals surface area contributed by atoms with Crippen molar-refractivity contribution in [1.82, 2.24) is 0 Å². The SMILES string of the molecule is C=C(C)N=C(I)CN=C(C)C. The lowest BCUT2D eigenvalue weighted by Crippen LogP contribution is -1.95. The summed E-state index contributed by atoms with van der Waals surface area (Å²) in [6.45, 7) is 10.2. The van der Waals surface area contributed by atoms with Crippen LogP contribution in [0.1, 0.15) is 20.8 Å². The quantitative estimate of drug-likeness (QED) is 0.553. The minimum absolute atomic E-state index is 0.676. The van der Waals surface area contributed by atoms with E-state index in [4.69, 9.17) is 0 Å². The predicted octanol–water partition coefficient (Wildman–Crippen LogP) is 2.83. The summed E-state index contributed by atoms with van der Waals surface area (Å²) in [6, 6.07) is 0. The highest BCUT2D eigenvalue weighted by Gasteiger charge is 1.89. The molecule has 11 heavy (non-hydrogen) atoms. The lowest BCUT2D eigenvalue weighted by Gasteiger charge is -1.93. The summed E-state index contributed by atoms with van der Waals surface area (Å²) >= 11 is 2.17. The van der Waals surface area contributed by atoms with Gasteiger partial charge in [-0.15, -0.1) is 0 Å². The highest BCUT2D eigenvalue weighted by molar-refractivity contribution is 14.1. The van der Waals surface area contributed by atoms with Gasteiger partial charge in [0.05, 0.1) is 10.3 Å². The van der Waals surface area contributed by atoms with Crippen LogP contribution in [0.5, 0.6) is 0 Å². The minimum atomic E-state index is 0.676. The summed E-state index contributed by atoms with van der Waals surface area (Å²) < 4.78 is 0.983. The van der Waals surface area contributed by atoms with E-state index in [1.165, 1.54) is 0 Å². The Hall–Kier alpha value is -0.190. The number of hydrogen-bond acceptors (Lipinski definition) is 2. The van der Waals surface area contributed by atoms with Gasteiger partial charge in [-0.2, -0.15) is 0 Å². The highest BCUT2D eigenvalue weighted by atomic mass is 127. The smallest absolute Gasteiger partial charge is 0.1000 e. The van der Waals surface area contributed by atoms with Crippen molar-refractivity contribution in [3.05, 3.63) is 12.3 Å². The van der Waals surface area contributed by atoms with Gasteiger partial charge in [0.2, 0.25) is 0 Å². The third kappa shape index (κ3) is 7.71. The summed E-state index contributed by atoms with van der Waals surface area (Å²) in [7, 11) is 0. The van der Waals surface area contributed by atoms with Crippen molar-refractivity contribution >= 4 is 32.0 Å². The van der Waals surface area contributed by atoms with E-state index >= 15 is 0 Å². The minimum Gasteiger partial charge on any atom is -0.288 e. The van der Waals surface area contributed by atoms with E-state index in [1.807, 2.05) is 20.8 Å². The molecule has 0 amide bonds. The lowest BCUT2D eigenvalue weighted by atomic mass is 10.5. The summed E-state index contributed by atoms with van der Waals surface area (Å²) in [5.41, 5.74) is 1.91. The zero-order valence-electron chi connectivity index (χ0n) is 7.19. The number of halogens is 1. The summed E-state index contributed by atoms with van der Waals surface area (Å²) in [6.07, 6.45) is 0. The van der Waals surface area contributed by atoms with Crippen molar-refractivity contribution in [2.45, 2.75) is 20.8 Å². The topological polar surface area (TPSA) is 24.7 Å². The molecule has 0 heterocycles. The second-order valence-electron chi connectivity index (χ2n) is 2.49. The largest absolute Gasteiger partial charge is 0.288 e. The molecule has 0 aromatic heterocycles. The zero-order valence-corrected chi connectivity index (χ0v) is 9.34. The standard InChI is InChI=1S/C8H13IN2/c1-6(2)10-5-8(9)11-7(3)4/h3,5H2,1-2,4H3. The first-order chi connectivity index (χ1) is 5.02. The molecule has 0 saturated heterocycles. The van der Waals surface area contributed by atoms with Gasteiger partial charge in [-0.3, -0.25) is 9.98 Å². The highest BCUT2D eigenvalue weighted by Crippen LogP contribution is 1.98. The van der Waals surface area contributed by atoms with Crippen LogP contribution in [0.2, 0.25) is 0 Å². The Morgan fingerprint density at radius 2 is 1.91 bits per heavy atom. The maximum absolute atomic E-state index is 4.21. The van der Waals surface area contributed by atoms with Gasteiger partial charge in [0.15, 0.2) is 0 Å². The fourth-order valence-electron chi connectivity index (χ4n) is 0.466. The van der Waals surface area contributed by atoms with Crippen molar-refractivity contribution in [2.75, 3.05) is 6.54 Å². The fraction of sp³-hybridized carbons (Fsp3) is 0.500. The van der Waals surface area contributed by atoms with Crippen LogP contribution in [-0.2, 0) is 0 Å². The number of nitrogens with zero attached hydrogens (tertiary/aromatic N) is 2. The van der Waals surface area contributed by atoms with Crippen molar-refractivity contribution in [2.24, 2.45) is 9.98 Å². The molecule has 3 heteroatoms. The molecule has 0 saturated carbocycles. The molecule has 0 unspecified atom stereocenters. The molecular formula is C8H13IN2. The van der Waals surface area contributed by atoms with Gasteiger partial charge in [-0.1, -0.05) is 6.58 Å². The van der Waals surface area contributed by atoms with Gasteiger partial charge < -0.3 is 0 Å². The van der Waals surface area contributed by atoms with Gasteiger partial charge >= 0.3 is 0 Å². The van der Waals surface area contributed by atoms with Crippen molar-refractivity contribution in [1.29, 1.82) is 0 Å². The molecule has 62 valence electrons. The molecule has 0 aliphatic heterocycles. The molecule has 0 aliphatic rings. The maximum Gasteiger partial charge on any atom is 0.1000 e. The Bertz CT molecular complexity index is 200. The summed E-state index contributed by atoms with van der Waals surface area (Å²) in [5.74, 6) is 0. The number of rotatable bonds is 3. The molecule has 0 N–H and O–H groups in total. The average molecular weight is 264 g/mol. The third-order valence-electron chi connectivity index (χ3n) is 0.838. The van der Waals surface area contributed by atoms with Gasteiger partial charge in [0, 0.05) is 11.4 Å². The molecule has 0 spiro atoms. The van der Waals surface area contributed by atoms with Crippen molar-refractivity contribution in [3.8, 4) is 0 Å². The molecule has 0 bridgehead atoms. The second kappa shape index (κ2) is 5.46. The first-order valence-electron chi connectivity index (χ1n) is 3.38. The van der Waals surface area contributed by atoms with E-state index in [9.17, 15) is 0 Å². The molecule has 0 aliphatic carbocycles. The van der Waals surface area contributed by atoms with Gasteiger partial charge in [0.25, 0.3) is 0 Å². The van der Waals surface area contributed by atoms with E-state index in [1.54, 1.807) is 0 Å². The monoisotopic (exact) mass is 264 g/mol. The van der Waals surface area contributed by atoms with Crippen molar-refractivity contribution in [3.63, 3.8) is 0 Å². The Labute approximate surface area is 81.7 Å². The molecule has 0 aromatic carbocycles. The number of allylic oxidation sites excluding steroid dienone is 1. The second-order valence-corrected chi connectivity index (χ2v) is 3.73. The maximum atomic E-state index is 4.21. The van der Waals surface area contributed by atoms with E-state index in [0.29, 0.717) is 6.54 Å². The Morgan fingerprint density at radius 1 is 1.36 bits per heavy atom. The average Bonchev–Trinajstić information content (AvgIpc) is 1.82. The van der Waals surface area contributed by atoms with Gasteiger partial charge in [-0.05, 0) is 43.4 Å². The van der Waals surface area contributed by atoms with E-state index in [0.717, 1.165) is 15.1 Å². The Kier molecular flexibility index (Phi) is 5.36. The van der Waals surface area contributed by atoms with Crippen molar-refractivity contribution < 1.29 is 0 Å². The van der Waals surface area contributed by atoms with Crippen LogP contribution >= 0.6 is 22.6 Å². The number of aliphatic imine (C=N–C) groups is 2. The molecule has 0 fully saturated rings. The molecule has 2 nitrogen and oxygen atoms in total. The van der Waals surface area contributed by atoms with Crippen LogP contribution in [0.3, 0.4) is 0 Å². The molecule has 0 radical (unpaired) electrons. The summed E-state index contributed by atoms with van der Waals surface area (Å²) in [5, 5.41) is 0. The van der Waals surface area contributed by atoms with E-state index < -0.39 is 0 Å². The number of hydrogen-bond donors (Lipinski definition) is 0. The molecular weight excluding hydrogens is 251 g/mol. The zero-order chi connectivity index (χ0) is 8.85. The third-order valence-corrected chi connectivity index (χ3v) is 1.42.